The van der Waals surface area contributed by atoms with Gasteiger partial charge in [0.1, 0.15) is 11.8 Å². The topological polar surface area (TPSA) is 105 Å². The molecular formula is C14H28ClN2O6P. The van der Waals surface area contributed by atoms with Gasteiger partial charge in [-0.05, 0) is 41.5 Å². The molecule has 2 amide bonds. The predicted octanol–water partition coefficient (Wildman–Crippen LogP) is 3.10. The molecule has 24 heavy (non-hydrogen) atoms. The Labute approximate surface area is 148 Å². The molecule has 0 aliphatic carbocycles. The van der Waals surface area contributed by atoms with Crippen molar-refractivity contribution in [1.82, 2.24) is 10.2 Å². The molecule has 0 saturated heterocycles. The molecule has 2 atom stereocenters. The zero-order valence-electron chi connectivity index (χ0n) is 15.0. The highest BCUT2D eigenvalue weighted by molar-refractivity contribution is 7.54. The van der Waals surface area contributed by atoms with E-state index in [1.807, 2.05) is 0 Å². The lowest BCUT2D eigenvalue weighted by Gasteiger charge is -2.38. The number of hydrogen-bond acceptors (Lipinski definition) is 5. The summed E-state index contributed by atoms with van der Waals surface area (Å²) in [6.07, 6.45) is -1.27. The fourth-order valence-corrected chi connectivity index (χ4v) is 3.95. The lowest BCUT2D eigenvalue weighted by Crippen LogP contribution is -2.58. The molecule has 0 aromatic carbocycles. The van der Waals surface area contributed by atoms with Crippen LogP contribution in [-0.4, -0.2) is 58.5 Å². The summed E-state index contributed by atoms with van der Waals surface area (Å²) in [6, 6.07) is -1.14. The summed E-state index contributed by atoms with van der Waals surface area (Å²) in [4.78, 5) is 25.0. The number of carbonyl (C=O) groups is 2. The first kappa shape index (κ1) is 23.2. The van der Waals surface area contributed by atoms with Crippen molar-refractivity contribution in [2.75, 3.05) is 19.1 Å². The molecule has 0 bridgehead atoms. The molecule has 1 unspecified atom stereocenters. The number of alkyl halides is 1. The van der Waals surface area contributed by atoms with E-state index < -0.39 is 37.0 Å². The summed E-state index contributed by atoms with van der Waals surface area (Å²) in [5.41, 5.74) is -0.838. The van der Waals surface area contributed by atoms with Gasteiger partial charge in [-0.3, -0.25) is 14.3 Å². The van der Waals surface area contributed by atoms with Crippen LogP contribution in [0.1, 0.15) is 41.5 Å². The fourth-order valence-electron chi connectivity index (χ4n) is 2.15. The molecule has 2 N–H and O–H groups in total. The number of halogens is 1. The normalized spacial score (nSPS) is 14.8. The van der Waals surface area contributed by atoms with Crippen LogP contribution in [0.2, 0.25) is 0 Å². The largest absolute Gasteiger partial charge is 0.465 e. The molecule has 0 saturated carbocycles. The van der Waals surface area contributed by atoms with Gasteiger partial charge in [-0.2, -0.15) is 0 Å². The average Bonchev–Trinajstić information content (AvgIpc) is 2.42. The Balaban J connectivity index is 5.36. The standard InChI is InChI=1S/C14H28ClN2O6P/c1-7-22-24(21,23-8-2)10(3)16-12(18)11(9-15)17(13(19)20)14(4,5)6/h10-11H,7-9H2,1-6H3,(H,16,18)(H,19,20)/t10?,11-/m0/s1. The van der Waals surface area contributed by atoms with Gasteiger partial charge in [0.2, 0.25) is 5.91 Å². The van der Waals surface area contributed by atoms with Gasteiger partial charge in [0, 0.05) is 5.54 Å². The summed E-state index contributed by atoms with van der Waals surface area (Å²) in [5.74, 6) is -1.84. The molecular weight excluding hydrogens is 359 g/mol. The zero-order chi connectivity index (χ0) is 19.1. The van der Waals surface area contributed by atoms with E-state index in [2.05, 4.69) is 5.32 Å². The van der Waals surface area contributed by atoms with Gasteiger partial charge in [0.25, 0.3) is 0 Å². The van der Waals surface area contributed by atoms with Gasteiger partial charge in [0.05, 0.1) is 19.1 Å². The van der Waals surface area contributed by atoms with Gasteiger partial charge in [0.15, 0.2) is 0 Å². The van der Waals surface area contributed by atoms with Crippen LogP contribution in [0.25, 0.3) is 0 Å². The molecule has 0 rings (SSSR count). The summed E-state index contributed by atoms with van der Waals surface area (Å²) in [6.45, 7) is 10.1. The summed E-state index contributed by atoms with van der Waals surface area (Å²) in [5, 5.41) is 11.9. The first-order valence-corrected chi connectivity index (χ1v) is 9.86. The van der Waals surface area contributed by atoms with Crippen LogP contribution >= 0.6 is 19.2 Å². The van der Waals surface area contributed by atoms with E-state index >= 15 is 0 Å². The number of rotatable bonds is 9. The van der Waals surface area contributed by atoms with Gasteiger partial charge in [-0.15, -0.1) is 11.6 Å². The highest BCUT2D eigenvalue weighted by Gasteiger charge is 2.40. The van der Waals surface area contributed by atoms with Gasteiger partial charge < -0.3 is 19.5 Å². The van der Waals surface area contributed by atoms with Crippen LogP contribution in [0.15, 0.2) is 0 Å². The third-order valence-corrected chi connectivity index (χ3v) is 5.74. The van der Waals surface area contributed by atoms with E-state index in [-0.39, 0.29) is 19.1 Å². The molecule has 8 nitrogen and oxygen atoms in total. The van der Waals surface area contributed by atoms with E-state index in [0.717, 1.165) is 4.90 Å². The minimum Gasteiger partial charge on any atom is -0.465 e. The molecule has 0 aliphatic rings. The average molecular weight is 387 g/mol. The van der Waals surface area contributed by atoms with Crippen LogP contribution in [0, 0.1) is 0 Å². The molecule has 0 spiro atoms. The molecule has 0 aliphatic heterocycles. The Bertz CT molecular complexity index is 472. The first-order valence-electron chi connectivity index (χ1n) is 7.71. The number of nitrogens with one attached hydrogen (secondary N) is 1. The quantitative estimate of drug-likeness (QED) is 0.466. The van der Waals surface area contributed by atoms with Crippen LogP contribution in [0.3, 0.4) is 0 Å². The fraction of sp³-hybridized carbons (Fsp3) is 0.857. The highest BCUT2D eigenvalue weighted by Crippen LogP contribution is 2.51. The number of amides is 2. The third-order valence-electron chi connectivity index (χ3n) is 3.13. The zero-order valence-corrected chi connectivity index (χ0v) is 16.7. The van der Waals surface area contributed by atoms with E-state index in [4.69, 9.17) is 20.6 Å². The summed E-state index contributed by atoms with van der Waals surface area (Å²) >= 11 is 5.83. The number of carbonyl (C=O) groups excluding carboxylic acids is 1. The molecule has 142 valence electrons. The minimum atomic E-state index is -3.55. The Kier molecular flexibility index (Phi) is 9.28. The van der Waals surface area contributed by atoms with E-state index in [9.17, 15) is 19.3 Å². The monoisotopic (exact) mass is 386 g/mol. The van der Waals surface area contributed by atoms with Gasteiger partial charge in [-0.1, -0.05) is 0 Å². The van der Waals surface area contributed by atoms with E-state index in [0.29, 0.717) is 0 Å². The van der Waals surface area contributed by atoms with Gasteiger partial charge in [-0.25, -0.2) is 4.79 Å². The maximum Gasteiger partial charge on any atom is 0.408 e. The second-order valence-corrected chi connectivity index (χ2v) is 8.73. The van der Waals surface area contributed by atoms with Crippen molar-refractivity contribution in [3.8, 4) is 0 Å². The minimum absolute atomic E-state index is 0.152. The van der Waals surface area contributed by atoms with Crippen molar-refractivity contribution in [3.63, 3.8) is 0 Å². The Morgan fingerprint density at radius 3 is 2.00 bits per heavy atom. The maximum atomic E-state index is 12.6. The van der Waals surface area contributed by atoms with Crippen LogP contribution in [0.5, 0.6) is 0 Å². The SMILES string of the molecule is CCOP(=O)(OCC)C(C)NC(=O)[C@H](CCl)N(C(=O)O)C(C)(C)C. The second-order valence-electron chi connectivity index (χ2n) is 6.05. The Hall–Kier alpha value is -0.820. The lowest BCUT2D eigenvalue weighted by molar-refractivity contribution is -0.127. The Morgan fingerprint density at radius 1 is 1.25 bits per heavy atom. The summed E-state index contributed by atoms with van der Waals surface area (Å²) < 4.78 is 23.0. The van der Waals surface area contributed by atoms with E-state index in [1.165, 1.54) is 6.92 Å². The molecule has 0 aromatic heterocycles. The van der Waals surface area contributed by atoms with Crippen molar-refractivity contribution in [3.05, 3.63) is 0 Å². The van der Waals surface area contributed by atoms with E-state index in [1.54, 1.807) is 34.6 Å². The number of nitrogens with zero attached hydrogens (tertiary/aromatic N) is 1. The van der Waals surface area contributed by atoms with Crippen LogP contribution < -0.4 is 5.32 Å². The lowest BCUT2D eigenvalue weighted by atomic mass is 10.0. The van der Waals surface area contributed by atoms with Crippen molar-refractivity contribution in [1.29, 1.82) is 0 Å². The van der Waals surface area contributed by atoms with Crippen molar-refractivity contribution < 1.29 is 28.3 Å². The van der Waals surface area contributed by atoms with Crippen molar-refractivity contribution >= 4 is 31.2 Å². The highest BCUT2D eigenvalue weighted by atomic mass is 35.5. The smallest absolute Gasteiger partial charge is 0.408 e. The van der Waals surface area contributed by atoms with Crippen LogP contribution in [-0.2, 0) is 18.4 Å². The van der Waals surface area contributed by atoms with Crippen molar-refractivity contribution in [2.45, 2.75) is 58.9 Å². The van der Waals surface area contributed by atoms with Crippen LogP contribution in [0.4, 0.5) is 4.79 Å². The molecule has 0 fully saturated rings. The van der Waals surface area contributed by atoms with Crippen molar-refractivity contribution in [2.24, 2.45) is 0 Å². The number of carboxylic acid groups (broad SMARTS) is 1. The maximum absolute atomic E-state index is 12.6. The number of hydrogen-bond donors (Lipinski definition) is 2. The molecule has 0 radical (unpaired) electrons. The first-order chi connectivity index (χ1) is 10.9. The Morgan fingerprint density at radius 2 is 1.71 bits per heavy atom. The third kappa shape index (κ3) is 6.24. The molecule has 10 heteroatoms. The second kappa shape index (κ2) is 9.61. The molecule has 0 heterocycles. The predicted molar refractivity (Wildman–Crippen MR) is 92.6 cm³/mol. The molecule has 0 aromatic rings. The van der Waals surface area contributed by atoms with Gasteiger partial charge >= 0.3 is 13.7 Å². The summed E-state index contributed by atoms with van der Waals surface area (Å²) in [7, 11) is -3.55.